The summed E-state index contributed by atoms with van der Waals surface area (Å²) in [7, 11) is 0. The SMILES string of the molecule is CCN(CC)CC(O)CCC(=O)c1ccc(Oc2c(N)ncc3ccc(Cl)cc23)cc1. The van der Waals surface area contributed by atoms with E-state index >= 15 is 0 Å². The van der Waals surface area contributed by atoms with Crippen LogP contribution >= 0.6 is 11.6 Å². The van der Waals surface area contributed by atoms with Crippen LogP contribution in [0.5, 0.6) is 11.5 Å². The van der Waals surface area contributed by atoms with Gasteiger partial charge in [-0.1, -0.05) is 31.5 Å². The topological polar surface area (TPSA) is 88.7 Å². The van der Waals surface area contributed by atoms with Gasteiger partial charge in [0.05, 0.1) is 6.10 Å². The smallest absolute Gasteiger partial charge is 0.177 e. The summed E-state index contributed by atoms with van der Waals surface area (Å²) in [6.45, 7) is 6.46. The lowest BCUT2D eigenvalue weighted by atomic mass is 10.0. The number of aromatic nitrogens is 1. The molecule has 1 unspecified atom stereocenters. The van der Waals surface area contributed by atoms with Crippen molar-refractivity contribution in [1.29, 1.82) is 0 Å². The van der Waals surface area contributed by atoms with Crippen LogP contribution in [-0.2, 0) is 0 Å². The Morgan fingerprint density at radius 1 is 1.19 bits per heavy atom. The van der Waals surface area contributed by atoms with Gasteiger partial charge in [0.25, 0.3) is 0 Å². The summed E-state index contributed by atoms with van der Waals surface area (Å²) in [6, 6.07) is 12.3. The van der Waals surface area contributed by atoms with Crippen LogP contribution in [0.4, 0.5) is 5.82 Å². The van der Waals surface area contributed by atoms with Crippen molar-refractivity contribution >= 4 is 34.0 Å². The van der Waals surface area contributed by atoms with Gasteiger partial charge >= 0.3 is 0 Å². The van der Waals surface area contributed by atoms with Gasteiger partial charge in [-0.2, -0.15) is 0 Å². The van der Waals surface area contributed by atoms with Crippen molar-refractivity contribution in [3.8, 4) is 11.5 Å². The Morgan fingerprint density at radius 2 is 1.90 bits per heavy atom. The number of nitrogen functional groups attached to an aromatic ring is 1. The fraction of sp³-hybridized carbons (Fsp3) is 0.333. The molecule has 0 saturated carbocycles. The molecular weight excluding hydrogens is 414 g/mol. The molecule has 2 aromatic carbocycles. The van der Waals surface area contributed by atoms with Gasteiger partial charge in [-0.3, -0.25) is 4.79 Å². The van der Waals surface area contributed by atoms with Crippen molar-refractivity contribution in [3.63, 3.8) is 0 Å². The predicted octanol–water partition coefficient (Wildman–Crippen LogP) is 4.93. The zero-order valence-corrected chi connectivity index (χ0v) is 18.6. The summed E-state index contributed by atoms with van der Waals surface area (Å²) >= 11 is 6.12. The first-order valence-corrected chi connectivity index (χ1v) is 10.8. The number of Topliss-reactive ketones (excluding diaryl/α,β-unsaturated/α-hetero) is 1. The van der Waals surface area contributed by atoms with Crippen molar-refractivity contribution in [2.75, 3.05) is 25.4 Å². The third-order valence-corrected chi connectivity index (χ3v) is 5.53. The highest BCUT2D eigenvalue weighted by Gasteiger charge is 2.14. The molecule has 3 rings (SSSR count). The number of pyridine rings is 1. The van der Waals surface area contributed by atoms with Crippen molar-refractivity contribution in [1.82, 2.24) is 9.88 Å². The number of rotatable bonds is 10. The average molecular weight is 442 g/mol. The van der Waals surface area contributed by atoms with Crippen molar-refractivity contribution in [2.24, 2.45) is 0 Å². The molecule has 0 aliphatic carbocycles. The first-order valence-electron chi connectivity index (χ1n) is 10.5. The molecule has 31 heavy (non-hydrogen) atoms. The number of nitrogens with zero attached hydrogens (tertiary/aromatic N) is 2. The summed E-state index contributed by atoms with van der Waals surface area (Å²) in [4.78, 5) is 18.8. The largest absolute Gasteiger partial charge is 0.453 e. The Bertz CT molecular complexity index is 1030. The Morgan fingerprint density at radius 3 is 2.58 bits per heavy atom. The number of anilines is 1. The quantitative estimate of drug-likeness (QED) is 0.434. The fourth-order valence-corrected chi connectivity index (χ4v) is 3.59. The highest BCUT2D eigenvalue weighted by atomic mass is 35.5. The number of benzene rings is 2. The third kappa shape index (κ3) is 5.94. The van der Waals surface area contributed by atoms with Crippen LogP contribution < -0.4 is 10.5 Å². The molecular formula is C24H28ClN3O3. The number of nitrogens with two attached hydrogens (primary N) is 1. The van der Waals surface area contributed by atoms with Crippen LogP contribution in [0.15, 0.2) is 48.7 Å². The normalized spacial score (nSPS) is 12.3. The lowest BCUT2D eigenvalue weighted by Gasteiger charge is -2.21. The fourth-order valence-electron chi connectivity index (χ4n) is 3.42. The van der Waals surface area contributed by atoms with Crippen LogP contribution in [-0.4, -0.2) is 46.5 Å². The minimum atomic E-state index is -0.514. The van der Waals surface area contributed by atoms with E-state index in [0.717, 1.165) is 23.9 Å². The summed E-state index contributed by atoms with van der Waals surface area (Å²) in [5, 5.41) is 12.4. The second-order valence-electron chi connectivity index (χ2n) is 7.43. The van der Waals surface area contributed by atoms with Gasteiger partial charge in [0.15, 0.2) is 17.4 Å². The number of fused-ring (bicyclic) bond motifs is 1. The molecule has 3 aromatic rings. The van der Waals surface area contributed by atoms with E-state index in [9.17, 15) is 9.90 Å². The second-order valence-corrected chi connectivity index (χ2v) is 7.87. The molecule has 7 heteroatoms. The molecule has 1 aromatic heterocycles. The van der Waals surface area contributed by atoms with Gasteiger partial charge in [0.1, 0.15) is 5.75 Å². The Balaban J connectivity index is 1.66. The lowest BCUT2D eigenvalue weighted by Crippen LogP contribution is -2.32. The predicted molar refractivity (Wildman–Crippen MR) is 125 cm³/mol. The van der Waals surface area contributed by atoms with Crippen LogP contribution in [0, 0.1) is 0 Å². The Kier molecular flexibility index (Phi) is 7.85. The van der Waals surface area contributed by atoms with Gasteiger partial charge in [-0.05, 0) is 55.9 Å². The summed E-state index contributed by atoms with van der Waals surface area (Å²) in [5.74, 6) is 1.22. The molecule has 3 N–H and O–H groups in total. The van der Waals surface area contributed by atoms with E-state index in [1.54, 1.807) is 42.6 Å². The molecule has 0 amide bonds. The molecule has 1 heterocycles. The highest BCUT2D eigenvalue weighted by Crippen LogP contribution is 2.35. The number of ketones is 1. The standard InChI is InChI=1S/C24H28ClN3O3/c1-3-28(4-2)15-19(29)9-12-22(30)16-6-10-20(11-7-16)31-23-21-13-18(25)8-5-17(21)14-27-24(23)26/h5-8,10-11,13-14,19,29H,3-4,9,12,15H2,1-2H3,(H2,26,27). The number of hydrogen-bond donors (Lipinski definition) is 2. The van der Waals surface area contributed by atoms with Gasteiger partial charge in [-0.15, -0.1) is 0 Å². The number of likely N-dealkylation sites (N-methyl/N-ethyl adjacent to an activating group) is 1. The number of hydrogen-bond acceptors (Lipinski definition) is 6. The summed E-state index contributed by atoms with van der Waals surface area (Å²) in [6.07, 6.45) is 1.89. The van der Waals surface area contributed by atoms with E-state index in [1.165, 1.54) is 0 Å². The maximum atomic E-state index is 12.5. The minimum Gasteiger partial charge on any atom is -0.453 e. The van der Waals surface area contributed by atoms with E-state index < -0.39 is 6.10 Å². The number of aliphatic hydroxyl groups excluding tert-OH is 1. The Hall–Kier alpha value is -2.67. The van der Waals surface area contributed by atoms with Gasteiger partial charge < -0.3 is 20.5 Å². The Labute approximate surface area is 187 Å². The number of carbonyl (C=O) groups is 1. The molecule has 0 radical (unpaired) electrons. The van der Waals surface area contributed by atoms with Crippen LogP contribution in [0.3, 0.4) is 0 Å². The number of carbonyl (C=O) groups excluding carboxylic acids is 1. The van der Waals surface area contributed by atoms with Crippen LogP contribution in [0.2, 0.25) is 5.02 Å². The number of halogens is 1. The summed E-state index contributed by atoms with van der Waals surface area (Å²) in [5.41, 5.74) is 6.60. The number of aliphatic hydroxyl groups is 1. The molecule has 0 bridgehead atoms. The van der Waals surface area contributed by atoms with Crippen molar-refractivity contribution < 1.29 is 14.6 Å². The molecule has 0 spiro atoms. The first kappa shape index (κ1) is 23.0. The molecule has 164 valence electrons. The molecule has 0 fully saturated rings. The molecule has 6 nitrogen and oxygen atoms in total. The monoisotopic (exact) mass is 441 g/mol. The van der Waals surface area contributed by atoms with E-state index in [-0.39, 0.29) is 11.6 Å². The minimum absolute atomic E-state index is 0.0109. The van der Waals surface area contributed by atoms with Gasteiger partial charge in [-0.25, -0.2) is 4.98 Å². The zero-order chi connectivity index (χ0) is 22.4. The zero-order valence-electron chi connectivity index (χ0n) is 17.8. The lowest BCUT2D eigenvalue weighted by molar-refractivity contribution is 0.0877. The van der Waals surface area contributed by atoms with E-state index in [4.69, 9.17) is 22.1 Å². The van der Waals surface area contributed by atoms with E-state index in [2.05, 4.69) is 23.7 Å². The molecule has 0 aliphatic heterocycles. The van der Waals surface area contributed by atoms with E-state index in [0.29, 0.717) is 41.5 Å². The summed E-state index contributed by atoms with van der Waals surface area (Å²) < 4.78 is 5.98. The molecule has 1 atom stereocenters. The molecule has 0 saturated heterocycles. The highest BCUT2D eigenvalue weighted by molar-refractivity contribution is 6.31. The van der Waals surface area contributed by atoms with Crippen molar-refractivity contribution in [3.05, 3.63) is 59.2 Å². The van der Waals surface area contributed by atoms with Crippen molar-refractivity contribution in [2.45, 2.75) is 32.8 Å². The third-order valence-electron chi connectivity index (χ3n) is 5.30. The maximum Gasteiger partial charge on any atom is 0.177 e. The average Bonchev–Trinajstić information content (AvgIpc) is 2.78. The van der Waals surface area contributed by atoms with E-state index in [1.807, 2.05) is 6.07 Å². The maximum absolute atomic E-state index is 12.5. The first-order chi connectivity index (χ1) is 14.9. The van der Waals surface area contributed by atoms with Gasteiger partial charge in [0, 0.05) is 40.5 Å². The second kappa shape index (κ2) is 10.6. The van der Waals surface area contributed by atoms with Crippen LogP contribution in [0.1, 0.15) is 37.0 Å². The number of ether oxygens (including phenoxy) is 1. The van der Waals surface area contributed by atoms with Crippen LogP contribution in [0.25, 0.3) is 10.8 Å². The van der Waals surface area contributed by atoms with Gasteiger partial charge in [0.2, 0.25) is 0 Å². The molecule has 0 aliphatic rings.